The zero-order chi connectivity index (χ0) is 15.9. The SMILES string of the molecule is CC(/C=N\NC(=O)c1ccc(O)cc1O)=C/c1ccccc1. The van der Waals surface area contributed by atoms with Crippen LogP contribution in [0.3, 0.4) is 0 Å². The molecule has 0 saturated carbocycles. The van der Waals surface area contributed by atoms with Gasteiger partial charge >= 0.3 is 0 Å². The van der Waals surface area contributed by atoms with Gasteiger partial charge in [0.2, 0.25) is 0 Å². The van der Waals surface area contributed by atoms with Gasteiger partial charge in [0, 0.05) is 6.07 Å². The molecule has 0 bridgehead atoms. The van der Waals surface area contributed by atoms with Crippen molar-refractivity contribution in [1.82, 2.24) is 5.43 Å². The van der Waals surface area contributed by atoms with Crippen LogP contribution in [0.15, 0.2) is 59.2 Å². The molecule has 0 unspecified atom stereocenters. The lowest BCUT2D eigenvalue weighted by atomic mass is 10.1. The average molecular weight is 296 g/mol. The van der Waals surface area contributed by atoms with Crippen molar-refractivity contribution >= 4 is 18.2 Å². The highest BCUT2D eigenvalue weighted by molar-refractivity contribution is 5.97. The maximum Gasteiger partial charge on any atom is 0.275 e. The van der Waals surface area contributed by atoms with Gasteiger partial charge in [-0.1, -0.05) is 36.4 Å². The molecule has 0 heterocycles. The van der Waals surface area contributed by atoms with Crippen LogP contribution >= 0.6 is 0 Å². The van der Waals surface area contributed by atoms with Crippen molar-refractivity contribution < 1.29 is 15.0 Å². The fourth-order valence-electron chi connectivity index (χ4n) is 1.81. The number of rotatable bonds is 4. The van der Waals surface area contributed by atoms with Crippen LogP contribution in [0.1, 0.15) is 22.8 Å². The highest BCUT2D eigenvalue weighted by Gasteiger charge is 2.10. The van der Waals surface area contributed by atoms with Crippen LogP contribution in [-0.4, -0.2) is 22.3 Å². The third-order valence-corrected chi connectivity index (χ3v) is 2.85. The van der Waals surface area contributed by atoms with E-state index in [-0.39, 0.29) is 17.1 Å². The van der Waals surface area contributed by atoms with Crippen molar-refractivity contribution in [1.29, 1.82) is 0 Å². The Morgan fingerprint density at radius 1 is 1.14 bits per heavy atom. The zero-order valence-corrected chi connectivity index (χ0v) is 12.0. The van der Waals surface area contributed by atoms with Gasteiger partial charge in [-0.2, -0.15) is 5.10 Å². The molecule has 0 aromatic heterocycles. The molecule has 112 valence electrons. The monoisotopic (exact) mass is 296 g/mol. The van der Waals surface area contributed by atoms with Gasteiger partial charge in [0.25, 0.3) is 5.91 Å². The van der Waals surface area contributed by atoms with E-state index in [9.17, 15) is 15.0 Å². The average Bonchev–Trinajstić information content (AvgIpc) is 2.48. The number of carbonyl (C=O) groups excluding carboxylic acids is 1. The van der Waals surface area contributed by atoms with E-state index in [4.69, 9.17) is 0 Å². The number of benzene rings is 2. The first-order valence-electron chi connectivity index (χ1n) is 6.65. The fourth-order valence-corrected chi connectivity index (χ4v) is 1.81. The number of phenols is 2. The highest BCUT2D eigenvalue weighted by Crippen LogP contribution is 2.22. The van der Waals surface area contributed by atoms with Gasteiger partial charge in [0.1, 0.15) is 11.5 Å². The molecule has 0 saturated heterocycles. The normalized spacial score (nSPS) is 11.6. The maximum absolute atomic E-state index is 11.8. The van der Waals surface area contributed by atoms with E-state index in [2.05, 4.69) is 10.5 Å². The number of aromatic hydroxyl groups is 2. The molecule has 2 rings (SSSR count). The Kier molecular flexibility index (Phi) is 4.93. The fraction of sp³-hybridized carbons (Fsp3) is 0.0588. The maximum atomic E-state index is 11.8. The van der Waals surface area contributed by atoms with Crippen molar-refractivity contribution in [3.63, 3.8) is 0 Å². The van der Waals surface area contributed by atoms with E-state index in [1.807, 2.05) is 43.3 Å². The second-order valence-corrected chi connectivity index (χ2v) is 4.70. The quantitative estimate of drug-likeness (QED) is 0.599. The van der Waals surface area contributed by atoms with Crippen molar-refractivity contribution in [2.24, 2.45) is 5.10 Å². The first-order valence-corrected chi connectivity index (χ1v) is 6.65. The predicted molar refractivity (Wildman–Crippen MR) is 85.8 cm³/mol. The molecule has 2 aromatic rings. The van der Waals surface area contributed by atoms with Crippen LogP contribution in [0.2, 0.25) is 0 Å². The molecular formula is C17H16N2O3. The Balaban J connectivity index is 2.00. The molecule has 0 spiro atoms. The van der Waals surface area contributed by atoms with E-state index in [0.717, 1.165) is 17.2 Å². The summed E-state index contributed by atoms with van der Waals surface area (Å²) in [5.41, 5.74) is 4.26. The Bertz CT molecular complexity index is 722. The summed E-state index contributed by atoms with van der Waals surface area (Å²) in [5.74, 6) is -0.968. The molecule has 5 heteroatoms. The lowest BCUT2D eigenvalue weighted by Crippen LogP contribution is -2.17. The summed E-state index contributed by atoms with van der Waals surface area (Å²) in [5, 5.41) is 22.6. The summed E-state index contributed by atoms with van der Waals surface area (Å²) in [6, 6.07) is 13.5. The number of hydrazone groups is 1. The lowest BCUT2D eigenvalue weighted by molar-refractivity contribution is 0.0952. The number of hydrogen-bond donors (Lipinski definition) is 3. The molecule has 2 aromatic carbocycles. The standard InChI is InChI=1S/C17H16N2O3/c1-12(9-13-5-3-2-4-6-13)11-18-19-17(22)15-8-7-14(20)10-16(15)21/h2-11,20-21H,1H3,(H,19,22)/b12-9-,18-11-. The summed E-state index contributed by atoms with van der Waals surface area (Å²) in [4.78, 5) is 11.8. The van der Waals surface area contributed by atoms with Gasteiger partial charge in [-0.15, -0.1) is 0 Å². The molecule has 3 N–H and O–H groups in total. The molecule has 0 fully saturated rings. The molecule has 0 aliphatic heterocycles. The first-order chi connectivity index (χ1) is 10.6. The second-order valence-electron chi connectivity index (χ2n) is 4.70. The summed E-state index contributed by atoms with van der Waals surface area (Å²) >= 11 is 0. The zero-order valence-electron chi connectivity index (χ0n) is 12.0. The minimum Gasteiger partial charge on any atom is -0.508 e. The Hall–Kier alpha value is -3.08. The third kappa shape index (κ3) is 4.21. The van der Waals surface area contributed by atoms with E-state index in [1.54, 1.807) is 0 Å². The number of amides is 1. The molecule has 1 amide bonds. The van der Waals surface area contributed by atoms with Crippen LogP contribution < -0.4 is 5.43 Å². The van der Waals surface area contributed by atoms with Crippen LogP contribution in [0.25, 0.3) is 6.08 Å². The van der Waals surface area contributed by atoms with Crippen molar-refractivity contribution in [3.8, 4) is 11.5 Å². The van der Waals surface area contributed by atoms with E-state index < -0.39 is 5.91 Å². The number of phenolic OH excluding ortho intramolecular Hbond substituents is 2. The van der Waals surface area contributed by atoms with Gasteiger partial charge in [-0.05, 0) is 30.2 Å². The largest absolute Gasteiger partial charge is 0.508 e. The first kappa shape index (κ1) is 15.3. The Morgan fingerprint density at radius 3 is 2.55 bits per heavy atom. The summed E-state index contributed by atoms with van der Waals surface area (Å²) in [6.07, 6.45) is 3.44. The topological polar surface area (TPSA) is 81.9 Å². The summed E-state index contributed by atoms with van der Waals surface area (Å²) in [6.45, 7) is 1.86. The smallest absolute Gasteiger partial charge is 0.275 e. The highest BCUT2D eigenvalue weighted by atomic mass is 16.3. The molecule has 0 atom stereocenters. The number of nitrogens with one attached hydrogen (secondary N) is 1. The predicted octanol–water partition coefficient (Wildman–Crippen LogP) is 2.92. The Morgan fingerprint density at radius 2 is 1.86 bits per heavy atom. The van der Waals surface area contributed by atoms with Crippen LogP contribution in [0.4, 0.5) is 0 Å². The van der Waals surface area contributed by atoms with Crippen molar-refractivity contribution in [2.45, 2.75) is 6.92 Å². The van der Waals surface area contributed by atoms with Gasteiger partial charge in [0.15, 0.2) is 0 Å². The molecule has 0 aliphatic carbocycles. The molecular weight excluding hydrogens is 280 g/mol. The van der Waals surface area contributed by atoms with Gasteiger partial charge in [-0.3, -0.25) is 4.79 Å². The van der Waals surface area contributed by atoms with Crippen LogP contribution in [0.5, 0.6) is 11.5 Å². The number of nitrogens with zero attached hydrogens (tertiary/aromatic N) is 1. The van der Waals surface area contributed by atoms with E-state index in [0.29, 0.717) is 0 Å². The van der Waals surface area contributed by atoms with Crippen LogP contribution in [-0.2, 0) is 0 Å². The van der Waals surface area contributed by atoms with Crippen molar-refractivity contribution in [2.75, 3.05) is 0 Å². The van der Waals surface area contributed by atoms with E-state index >= 15 is 0 Å². The minimum absolute atomic E-state index is 0.0413. The summed E-state index contributed by atoms with van der Waals surface area (Å²) < 4.78 is 0. The van der Waals surface area contributed by atoms with Gasteiger partial charge in [0.05, 0.1) is 11.8 Å². The molecule has 0 aliphatic rings. The molecule has 0 radical (unpaired) electrons. The number of hydrogen-bond acceptors (Lipinski definition) is 4. The third-order valence-electron chi connectivity index (χ3n) is 2.85. The van der Waals surface area contributed by atoms with E-state index in [1.165, 1.54) is 18.3 Å². The number of carbonyl (C=O) groups is 1. The molecule has 22 heavy (non-hydrogen) atoms. The Labute approximate surface area is 128 Å². The van der Waals surface area contributed by atoms with Crippen LogP contribution in [0, 0.1) is 0 Å². The minimum atomic E-state index is -0.554. The second kappa shape index (κ2) is 7.08. The summed E-state index contributed by atoms with van der Waals surface area (Å²) in [7, 11) is 0. The van der Waals surface area contributed by atoms with Gasteiger partial charge < -0.3 is 10.2 Å². The lowest BCUT2D eigenvalue weighted by Gasteiger charge is -2.03. The van der Waals surface area contributed by atoms with Gasteiger partial charge in [-0.25, -0.2) is 5.43 Å². The van der Waals surface area contributed by atoms with Crippen molar-refractivity contribution in [3.05, 3.63) is 65.2 Å². The number of allylic oxidation sites excluding steroid dienone is 1. The molecule has 5 nitrogen and oxygen atoms in total.